The number of rotatable bonds is 3. The zero-order valence-electron chi connectivity index (χ0n) is 7.28. The first-order valence-electron chi connectivity index (χ1n) is 3.83. The number of hydrogen-bond donors (Lipinski definition) is 2. The molecule has 1 rings (SSSR count). The van der Waals surface area contributed by atoms with Gasteiger partial charge in [-0.05, 0) is 23.8 Å². The molecule has 0 aliphatic heterocycles. The first-order valence-corrected chi connectivity index (χ1v) is 4.59. The van der Waals surface area contributed by atoms with Crippen molar-refractivity contribution in [2.24, 2.45) is 0 Å². The Kier molecular flexibility index (Phi) is 7.12. The Bertz CT molecular complexity index is 388. The van der Waals surface area contributed by atoms with Gasteiger partial charge in [-0.3, -0.25) is 9.59 Å². The second kappa shape index (κ2) is 6.95. The van der Waals surface area contributed by atoms with Crippen LogP contribution in [0.3, 0.4) is 0 Å². The van der Waals surface area contributed by atoms with Crippen molar-refractivity contribution in [1.82, 2.24) is 0 Å². The fourth-order valence-electron chi connectivity index (χ4n) is 1.13. The summed E-state index contributed by atoms with van der Waals surface area (Å²) < 4.78 is 0. The summed E-state index contributed by atoms with van der Waals surface area (Å²) in [6.07, 6.45) is 0. The molecule has 0 aliphatic carbocycles. The molecule has 0 fully saturated rings. The number of benzene rings is 1. The summed E-state index contributed by atoms with van der Waals surface area (Å²) in [5, 5.41) is 17.8. The van der Waals surface area contributed by atoms with E-state index in [1.54, 1.807) is 0 Å². The van der Waals surface area contributed by atoms with Crippen molar-refractivity contribution in [3.63, 3.8) is 0 Å². The van der Waals surface area contributed by atoms with E-state index in [2.05, 4.69) is 0 Å². The quantitative estimate of drug-likeness (QED) is 0.654. The van der Waals surface area contributed by atoms with Gasteiger partial charge >= 0.3 is 63.3 Å². The van der Waals surface area contributed by atoms with Crippen LogP contribution in [0.1, 0.15) is 11.5 Å². The number of carboxylic acids is 2. The SMILES string of the molecule is O=C(O)C(C(=O)O)c1cc(Cl)cc(Cl)c1.[KH]. The third kappa shape index (κ3) is 4.33. The van der Waals surface area contributed by atoms with Gasteiger partial charge in [-0.1, -0.05) is 23.2 Å². The van der Waals surface area contributed by atoms with Crippen LogP contribution in [0.2, 0.25) is 10.0 Å². The van der Waals surface area contributed by atoms with Crippen LogP contribution >= 0.6 is 23.2 Å². The Hall–Kier alpha value is 0.376. The van der Waals surface area contributed by atoms with Gasteiger partial charge in [-0.2, -0.15) is 0 Å². The molecule has 2 N–H and O–H groups in total. The van der Waals surface area contributed by atoms with Gasteiger partial charge in [-0.15, -0.1) is 0 Å². The molecule has 0 aliphatic rings. The summed E-state index contributed by atoms with van der Waals surface area (Å²) in [6, 6.07) is 3.92. The van der Waals surface area contributed by atoms with Crippen molar-refractivity contribution >= 4 is 86.5 Å². The number of halogens is 2. The second-order valence-corrected chi connectivity index (χ2v) is 3.69. The van der Waals surface area contributed by atoms with E-state index in [0.29, 0.717) is 0 Å². The van der Waals surface area contributed by atoms with E-state index in [1.165, 1.54) is 18.2 Å². The van der Waals surface area contributed by atoms with E-state index in [4.69, 9.17) is 33.4 Å². The van der Waals surface area contributed by atoms with E-state index in [1.807, 2.05) is 0 Å². The molecular weight excluding hydrogens is 282 g/mol. The summed E-state index contributed by atoms with van der Waals surface area (Å²) >= 11 is 11.3. The molecule has 7 heteroatoms. The van der Waals surface area contributed by atoms with Crippen molar-refractivity contribution < 1.29 is 19.8 Å². The van der Waals surface area contributed by atoms with Crippen LogP contribution in [0, 0.1) is 0 Å². The van der Waals surface area contributed by atoms with Gasteiger partial charge in [0.25, 0.3) is 0 Å². The van der Waals surface area contributed by atoms with Crippen LogP contribution in [0.15, 0.2) is 18.2 Å². The summed E-state index contributed by atoms with van der Waals surface area (Å²) in [5.74, 6) is -4.57. The molecule has 0 spiro atoms. The molecular formula is C9H7Cl2KO4. The van der Waals surface area contributed by atoms with Gasteiger partial charge in [0.05, 0.1) is 0 Å². The van der Waals surface area contributed by atoms with Gasteiger partial charge in [0.1, 0.15) is 0 Å². The molecule has 0 radical (unpaired) electrons. The Labute approximate surface area is 144 Å². The number of carbonyl (C=O) groups is 2. The first-order chi connectivity index (χ1) is 6.91. The van der Waals surface area contributed by atoms with Crippen molar-refractivity contribution in [3.05, 3.63) is 33.8 Å². The molecule has 4 nitrogen and oxygen atoms in total. The third-order valence-corrected chi connectivity index (χ3v) is 2.15. The molecule has 0 bridgehead atoms. The second-order valence-electron chi connectivity index (χ2n) is 2.81. The van der Waals surface area contributed by atoms with Crippen molar-refractivity contribution in [1.29, 1.82) is 0 Å². The minimum absolute atomic E-state index is 0. The molecule has 0 heterocycles. The van der Waals surface area contributed by atoms with Crippen LogP contribution in [0.4, 0.5) is 0 Å². The Morgan fingerprint density at radius 2 is 1.38 bits per heavy atom. The summed E-state index contributed by atoms with van der Waals surface area (Å²) in [6.45, 7) is 0. The minimum atomic E-state index is -1.65. The average Bonchev–Trinajstić information content (AvgIpc) is 1.99. The van der Waals surface area contributed by atoms with E-state index in [0.717, 1.165) is 0 Å². The number of aliphatic carboxylic acids is 2. The van der Waals surface area contributed by atoms with Gasteiger partial charge in [0, 0.05) is 10.0 Å². The van der Waals surface area contributed by atoms with Gasteiger partial charge in [0.2, 0.25) is 0 Å². The first kappa shape index (κ1) is 16.4. The molecule has 1 aromatic rings. The molecule has 0 aromatic heterocycles. The van der Waals surface area contributed by atoms with E-state index >= 15 is 0 Å². The maximum atomic E-state index is 10.7. The fourth-order valence-corrected chi connectivity index (χ4v) is 1.68. The van der Waals surface area contributed by atoms with E-state index < -0.39 is 17.9 Å². The monoisotopic (exact) mass is 288 g/mol. The maximum absolute atomic E-state index is 10.7. The number of hydrogen-bond acceptors (Lipinski definition) is 2. The van der Waals surface area contributed by atoms with Crippen molar-refractivity contribution in [2.45, 2.75) is 5.92 Å². The van der Waals surface area contributed by atoms with Gasteiger partial charge in [-0.25, -0.2) is 0 Å². The van der Waals surface area contributed by atoms with Crippen LogP contribution in [0.25, 0.3) is 0 Å². The van der Waals surface area contributed by atoms with Gasteiger partial charge < -0.3 is 10.2 Å². The predicted octanol–water partition coefficient (Wildman–Crippen LogP) is 1.60. The summed E-state index contributed by atoms with van der Waals surface area (Å²) in [7, 11) is 0. The normalized spacial score (nSPS) is 9.69. The van der Waals surface area contributed by atoms with Gasteiger partial charge in [0.15, 0.2) is 5.92 Å². The van der Waals surface area contributed by atoms with Crippen LogP contribution in [0.5, 0.6) is 0 Å². The summed E-state index contributed by atoms with van der Waals surface area (Å²) in [4.78, 5) is 21.4. The zero-order valence-corrected chi connectivity index (χ0v) is 8.79. The van der Waals surface area contributed by atoms with Crippen molar-refractivity contribution in [2.75, 3.05) is 0 Å². The molecule has 16 heavy (non-hydrogen) atoms. The van der Waals surface area contributed by atoms with E-state index in [-0.39, 0.29) is 67.0 Å². The van der Waals surface area contributed by atoms with Crippen molar-refractivity contribution in [3.8, 4) is 0 Å². The Morgan fingerprint density at radius 1 is 1.00 bits per heavy atom. The molecule has 0 atom stereocenters. The average molecular weight is 289 g/mol. The fraction of sp³-hybridized carbons (Fsp3) is 0.111. The Balaban J connectivity index is 0.00000225. The van der Waals surface area contributed by atoms with Crippen LogP contribution in [-0.2, 0) is 9.59 Å². The van der Waals surface area contributed by atoms with Crippen LogP contribution in [-0.4, -0.2) is 73.5 Å². The zero-order chi connectivity index (χ0) is 11.6. The molecule has 0 saturated heterocycles. The molecule has 0 unspecified atom stereocenters. The molecule has 0 saturated carbocycles. The topological polar surface area (TPSA) is 74.6 Å². The molecule has 0 amide bonds. The predicted molar refractivity (Wildman–Crippen MR) is 61.6 cm³/mol. The van der Waals surface area contributed by atoms with E-state index in [9.17, 15) is 9.59 Å². The van der Waals surface area contributed by atoms with Crippen LogP contribution < -0.4 is 0 Å². The number of carboxylic acid groups (broad SMARTS) is 2. The summed E-state index contributed by atoms with van der Waals surface area (Å²) in [5.41, 5.74) is 0.0486. The Morgan fingerprint density at radius 3 is 1.69 bits per heavy atom. The standard InChI is InChI=1S/C9H6Cl2O4.K.H/c10-5-1-4(2-6(11)3-5)7(8(12)13)9(14)15;;/h1-3,7H,(H,12,13)(H,14,15);;. The third-order valence-electron chi connectivity index (χ3n) is 1.71. The molecule has 1 aromatic carbocycles. The molecule has 82 valence electrons.